The van der Waals surface area contributed by atoms with E-state index in [-0.39, 0.29) is 6.61 Å². The van der Waals surface area contributed by atoms with Crippen LogP contribution in [0.3, 0.4) is 0 Å². The molecule has 4 heteroatoms. The highest BCUT2D eigenvalue weighted by atomic mass is 16.7. The second-order valence-electron chi connectivity index (χ2n) is 3.12. The molecule has 82 valence electrons. The molecule has 0 bridgehead atoms. The van der Waals surface area contributed by atoms with Crippen molar-refractivity contribution in [3.63, 3.8) is 0 Å². The highest BCUT2D eigenvalue weighted by molar-refractivity contribution is 5.85. The summed E-state index contributed by atoms with van der Waals surface area (Å²) in [4.78, 5) is 15.3. The Hall–Kier alpha value is -2.10. The molecule has 0 amide bonds. The summed E-state index contributed by atoms with van der Waals surface area (Å²) in [6, 6.07) is 9.13. The Bertz CT molecular complexity index is 505. The summed E-state index contributed by atoms with van der Waals surface area (Å²) in [6.07, 6.45) is 0.945. The molecule has 0 N–H and O–H groups in total. The van der Waals surface area contributed by atoms with Gasteiger partial charge >= 0.3 is 6.16 Å². The molecule has 0 unspecified atom stereocenters. The minimum Gasteiger partial charge on any atom is -0.434 e. The van der Waals surface area contributed by atoms with Gasteiger partial charge in [0, 0.05) is 11.6 Å². The molecule has 1 heterocycles. The summed E-state index contributed by atoms with van der Waals surface area (Å²) >= 11 is 0. The molecule has 0 saturated heterocycles. The van der Waals surface area contributed by atoms with Crippen molar-refractivity contribution in [1.29, 1.82) is 0 Å². The van der Waals surface area contributed by atoms with Gasteiger partial charge in [0.1, 0.15) is 5.52 Å². The number of hydrogen-bond donors (Lipinski definition) is 0. The lowest BCUT2D eigenvalue weighted by Gasteiger charge is -2.06. The van der Waals surface area contributed by atoms with Gasteiger partial charge < -0.3 is 9.47 Å². The first kappa shape index (κ1) is 10.4. The Morgan fingerprint density at radius 1 is 1.31 bits per heavy atom. The zero-order valence-corrected chi connectivity index (χ0v) is 8.84. The fraction of sp³-hybridized carbons (Fsp3) is 0.167. The molecule has 0 spiro atoms. The third-order valence-electron chi connectivity index (χ3n) is 2.05. The maximum absolute atomic E-state index is 11.2. The predicted molar refractivity (Wildman–Crippen MR) is 59.4 cm³/mol. The van der Waals surface area contributed by atoms with Crippen molar-refractivity contribution in [2.45, 2.75) is 6.92 Å². The molecule has 1 aromatic heterocycles. The number of ether oxygens (including phenoxy) is 2. The van der Waals surface area contributed by atoms with Crippen LogP contribution in [0.1, 0.15) is 6.92 Å². The van der Waals surface area contributed by atoms with Gasteiger partial charge in [0.05, 0.1) is 6.61 Å². The molecule has 0 aliphatic heterocycles. The van der Waals surface area contributed by atoms with E-state index in [0.717, 1.165) is 5.39 Å². The van der Waals surface area contributed by atoms with E-state index in [2.05, 4.69) is 4.98 Å². The molecule has 4 nitrogen and oxygen atoms in total. The minimum atomic E-state index is -0.708. The first-order valence-electron chi connectivity index (χ1n) is 4.99. The Morgan fingerprint density at radius 3 is 2.94 bits per heavy atom. The molecule has 0 aliphatic rings. The zero-order valence-electron chi connectivity index (χ0n) is 8.84. The molecule has 1 aromatic carbocycles. The fourth-order valence-corrected chi connectivity index (χ4v) is 1.40. The Balaban J connectivity index is 2.33. The average molecular weight is 217 g/mol. The molecule has 2 aromatic rings. The van der Waals surface area contributed by atoms with E-state index < -0.39 is 6.16 Å². The number of fused-ring (bicyclic) bond motifs is 1. The van der Waals surface area contributed by atoms with Gasteiger partial charge in [-0.3, -0.25) is 4.98 Å². The third-order valence-corrected chi connectivity index (χ3v) is 2.05. The van der Waals surface area contributed by atoms with Gasteiger partial charge in [-0.05, 0) is 19.1 Å². The van der Waals surface area contributed by atoms with Gasteiger partial charge in [-0.25, -0.2) is 4.79 Å². The molecule has 0 atom stereocenters. The Morgan fingerprint density at radius 2 is 2.12 bits per heavy atom. The SMILES string of the molecule is CCOC(=O)Oc1cccc2cccnc12. The number of pyridine rings is 1. The third kappa shape index (κ3) is 2.11. The van der Waals surface area contributed by atoms with Crippen LogP contribution in [0.5, 0.6) is 5.75 Å². The molecular weight excluding hydrogens is 206 g/mol. The molecule has 0 radical (unpaired) electrons. The molecule has 0 fully saturated rings. The smallest absolute Gasteiger partial charge is 0.434 e. The summed E-state index contributed by atoms with van der Waals surface area (Å²) in [5, 5.41) is 0.921. The average Bonchev–Trinajstić information content (AvgIpc) is 2.30. The number of hydrogen-bond acceptors (Lipinski definition) is 4. The maximum Gasteiger partial charge on any atom is 0.513 e. The van der Waals surface area contributed by atoms with Gasteiger partial charge in [-0.2, -0.15) is 0 Å². The lowest BCUT2D eigenvalue weighted by Crippen LogP contribution is -2.10. The maximum atomic E-state index is 11.2. The van der Waals surface area contributed by atoms with Crippen LogP contribution in [0, 0.1) is 0 Å². The normalized spacial score (nSPS) is 10.1. The van der Waals surface area contributed by atoms with Crippen molar-refractivity contribution in [1.82, 2.24) is 4.98 Å². The van der Waals surface area contributed by atoms with E-state index in [1.807, 2.05) is 18.2 Å². The van der Waals surface area contributed by atoms with Crippen LogP contribution < -0.4 is 4.74 Å². The van der Waals surface area contributed by atoms with Crippen LogP contribution in [-0.2, 0) is 4.74 Å². The lowest BCUT2D eigenvalue weighted by atomic mass is 10.2. The van der Waals surface area contributed by atoms with Crippen LogP contribution in [0.4, 0.5) is 4.79 Å². The van der Waals surface area contributed by atoms with E-state index in [0.29, 0.717) is 11.3 Å². The molecule has 0 aliphatic carbocycles. The van der Waals surface area contributed by atoms with Crippen LogP contribution >= 0.6 is 0 Å². The van der Waals surface area contributed by atoms with Gasteiger partial charge in [-0.15, -0.1) is 0 Å². The molecular formula is C12H11NO3. The highest BCUT2D eigenvalue weighted by Crippen LogP contribution is 2.23. The number of nitrogens with zero attached hydrogens (tertiary/aromatic N) is 1. The standard InChI is InChI=1S/C12H11NO3/c1-2-15-12(14)16-10-7-3-5-9-6-4-8-13-11(9)10/h3-8H,2H2,1H3. The predicted octanol–water partition coefficient (Wildman–Crippen LogP) is 2.77. The van der Waals surface area contributed by atoms with Crippen molar-refractivity contribution >= 4 is 17.1 Å². The van der Waals surface area contributed by atoms with Gasteiger partial charge in [0.2, 0.25) is 0 Å². The number of aromatic nitrogens is 1. The lowest BCUT2D eigenvalue weighted by molar-refractivity contribution is 0.105. The van der Waals surface area contributed by atoms with Crippen molar-refractivity contribution in [2.24, 2.45) is 0 Å². The summed E-state index contributed by atoms with van der Waals surface area (Å²) in [6.45, 7) is 2.01. The summed E-state index contributed by atoms with van der Waals surface area (Å²) in [5.41, 5.74) is 0.651. The van der Waals surface area contributed by atoms with Gasteiger partial charge in [0.25, 0.3) is 0 Å². The monoisotopic (exact) mass is 217 g/mol. The van der Waals surface area contributed by atoms with E-state index in [9.17, 15) is 4.79 Å². The topological polar surface area (TPSA) is 48.4 Å². The summed E-state index contributed by atoms with van der Waals surface area (Å²) in [7, 11) is 0. The van der Waals surface area contributed by atoms with Gasteiger partial charge in [-0.1, -0.05) is 18.2 Å². The van der Waals surface area contributed by atoms with Crippen LogP contribution in [0.15, 0.2) is 36.5 Å². The van der Waals surface area contributed by atoms with E-state index in [1.165, 1.54) is 0 Å². The van der Waals surface area contributed by atoms with Crippen LogP contribution in [0.25, 0.3) is 10.9 Å². The largest absolute Gasteiger partial charge is 0.513 e. The van der Waals surface area contributed by atoms with Crippen LogP contribution in [0.2, 0.25) is 0 Å². The van der Waals surface area contributed by atoms with Crippen molar-refractivity contribution in [3.8, 4) is 5.75 Å². The number of carbonyl (C=O) groups excluding carboxylic acids is 1. The van der Waals surface area contributed by atoms with E-state index in [1.54, 1.807) is 25.3 Å². The number of benzene rings is 1. The molecule has 2 rings (SSSR count). The minimum absolute atomic E-state index is 0.289. The van der Waals surface area contributed by atoms with Crippen LogP contribution in [-0.4, -0.2) is 17.7 Å². The second-order valence-corrected chi connectivity index (χ2v) is 3.12. The van der Waals surface area contributed by atoms with Crippen molar-refractivity contribution < 1.29 is 14.3 Å². The second kappa shape index (κ2) is 4.61. The molecule has 16 heavy (non-hydrogen) atoms. The summed E-state index contributed by atoms with van der Waals surface area (Å²) in [5.74, 6) is 0.413. The number of rotatable bonds is 2. The Labute approximate surface area is 92.8 Å². The quantitative estimate of drug-likeness (QED) is 0.573. The zero-order chi connectivity index (χ0) is 11.4. The summed E-state index contributed by atoms with van der Waals surface area (Å²) < 4.78 is 9.75. The van der Waals surface area contributed by atoms with Gasteiger partial charge in [0.15, 0.2) is 5.75 Å². The number of para-hydroxylation sites is 1. The number of carbonyl (C=O) groups is 1. The first-order valence-corrected chi connectivity index (χ1v) is 4.99. The van der Waals surface area contributed by atoms with Crippen molar-refractivity contribution in [2.75, 3.05) is 6.61 Å². The molecule has 0 saturated carbocycles. The highest BCUT2D eigenvalue weighted by Gasteiger charge is 2.08. The van der Waals surface area contributed by atoms with E-state index >= 15 is 0 Å². The van der Waals surface area contributed by atoms with Crippen molar-refractivity contribution in [3.05, 3.63) is 36.5 Å². The first-order chi connectivity index (χ1) is 7.81. The Kier molecular flexibility index (Phi) is 3.00. The fourth-order valence-electron chi connectivity index (χ4n) is 1.40. The van der Waals surface area contributed by atoms with E-state index in [4.69, 9.17) is 9.47 Å².